The number of unbranched alkanes of at least 4 members (excludes halogenated alkanes) is 14. The molecule has 2 unspecified atom stereocenters. The molecule has 0 spiro atoms. The Kier molecular flexibility index (Phi) is 17.6. The van der Waals surface area contributed by atoms with Crippen molar-refractivity contribution in [2.45, 2.75) is 162 Å². The average Bonchev–Trinajstić information content (AvgIpc) is 3.06. The highest BCUT2D eigenvalue weighted by Crippen LogP contribution is 2.55. The molecule has 1 aliphatic heterocycles. The molecule has 2 atom stereocenters. The first-order chi connectivity index (χ1) is 17.5. The Labute approximate surface area is 222 Å². The van der Waals surface area contributed by atoms with Gasteiger partial charge in [0.05, 0.1) is 0 Å². The van der Waals surface area contributed by atoms with Gasteiger partial charge in [0.15, 0.2) is 0 Å². The fourth-order valence-electron chi connectivity index (χ4n) is 6.15. The van der Waals surface area contributed by atoms with Gasteiger partial charge in [0, 0.05) is 13.2 Å². The lowest BCUT2D eigenvalue weighted by atomic mass is 9.64. The van der Waals surface area contributed by atoms with Crippen LogP contribution in [0.25, 0.3) is 0 Å². The van der Waals surface area contributed by atoms with E-state index in [1.807, 2.05) is 13.8 Å². The molecule has 1 fully saturated rings. The maximum Gasteiger partial charge on any atom is 0.375 e. The maximum absolute atomic E-state index is 13.5. The normalized spacial score (nSPS) is 20.1. The van der Waals surface area contributed by atoms with Crippen molar-refractivity contribution in [2.75, 3.05) is 13.2 Å². The van der Waals surface area contributed by atoms with E-state index in [9.17, 15) is 9.59 Å². The molecule has 0 aromatic heterocycles. The van der Waals surface area contributed by atoms with E-state index < -0.39 is 23.1 Å². The smallest absolute Gasteiger partial charge is 0.375 e. The van der Waals surface area contributed by atoms with Crippen molar-refractivity contribution in [3.63, 3.8) is 0 Å². The zero-order chi connectivity index (χ0) is 26.7. The molecule has 0 aliphatic carbocycles. The van der Waals surface area contributed by atoms with Gasteiger partial charge in [-0.15, -0.1) is 0 Å². The summed E-state index contributed by atoms with van der Waals surface area (Å²) >= 11 is 0. The highest BCUT2D eigenvalue weighted by Gasteiger charge is 2.73. The monoisotopic (exact) mass is 510 g/mol. The minimum absolute atomic E-state index is 0.000745. The second-order valence-corrected chi connectivity index (χ2v) is 10.7. The molecule has 5 nitrogen and oxygen atoms in total. The Morgan fingerprint density at radius 3 is 1.50 bits per heavy atom. The first kappa shape index (κ1) is 33.1. The van der Waals surface area contributed by atoms with Gasteiger partial charge in [-0.1, -0.05) is 130 Å². The number of ether oxygens (including phenoxy) is 3. The number of esters is 2. The zero-order valence-corrected chi connectivity index (χ0v) is 24.5. The standard InChI is InChI=1S/C31H58O5/c1-6-11-13-15-17-19-21-23-25-27(8-3)30(26-24-22-20-18-16-14-12-7-2)28(32)36-29(33)31(30,34-9-4)35-10-5/h27H,6-26H2,1-5H3. The van der Waals surface area contributed by atoms with Gasteiger partial charge in [-0.2, -0.15) is 0 Å². The molecule has 0 aromatic carbocycles. The summed E-state index contributed by atoms with van der Waals surface area (Å²) in [6, 6.07) is 0. The summed E-state index contributed by atoms with van der Waals surface area (Å²) < 4.78 is 17.6. The molecule has 0 bridgehead atoms. The Bertz CT molecular complexity index is 584. The SMILES string of the molecule is CCCCCCCCCCC(CC)C1(CCCCCCCCCC)C(=O)OC(=O)C1(OCC)OCC. The van der Waals surface area contributed by atoms with Crippen molar-refractivity contribution in [1.82, 2.24) is 0 Å². The summed E-state index contributed by atoms with van der Waals surface area (Å²) in [7, 11) is 0. The number of rotatable bonds is 24. The van der Waals surface area contributed by atoms with Crippen molar-refractivity contribution >= 4 is 11.9 Å². The fraction of sp³-hybridized carbons (Fsp3) is 0.935. The largest absolute Gasteiger partial charge is 0.388 e. The van der Waals surface area contributed by atoms with E-state index in [1.165, 1.54) is 70.6 Å². The molecule has 36 heavy (non-hydrogen) atoms. The Morgan fingerprint density at radius 1 is 0.611 bits per heavy atom. The molecule has 212 valence electrons. The predicted molar refractivity (Wildman–Crippen MR) is 148 cm³/mol. The van der Waals surface area contributed by atoms with Crippen LogP contribution in [-0.2, 0) is 23.8 Å². The molecule has 0 aromatic rings. The van der Waals surface area contributed by atoms with Crippen LogP contribution >= 0.6 is 0 Å². The molecule has 5 heteroatoms. The highest BCUT2D eigenvalue weighted by atomic mass is 16.7. The maximum atomic E-state index is 13.5. The van der Waals surface area contributed by atoms with Crippen LogP contribution in [0.1, 0.15) is 157 Å². The summed E-state index contributed by atoms with van der Waals surface area (Å²) in [5, 5.41) is 0. The zero-order valence-electron chi connectivity index (χ0n) is 24.5. The van der Waals surface area contributed by atoms with Gasteiger partial charge in [0.2, 0.25) is 0 Å². The minimum atomic E-state index is -1.62. The van der Waals surface area contributed by atoms with E-state index in [4.69, 9.17) is 14.2 Å². The topological polar surface area (TPSA) is 61.8 Å². The lowest BCUT2D eigenvalue weighted by Crippen LogP contribution is -2.58. The number of carbonyl (C=O) groups excluding carboxylic acids is 2. The van der Waals surface area contributed by atoms with E-state index in [2.05, 4.69) is 20.8 Å². The molecule has 1 saturated heterocycles. The second-order valence-electron chi connectivity index (χ2n) is 10.7. The van der Waals surface area contributed by atoms with Crippen LogP contribution in [0, 0.1) is 11.3 Å². The van der Waals surface area contributed by atoms with Gasteiger partial charge in [-0.3, -0.25) is 4.79 Å². The third-order valence-corrected chi connectivity index (χ3v) is 8.12. The molecular formula is C31H58O5. The lowest BCUT2D eigenvalue weighted by Gasteiger charge is -2.44. The second kappa shape index (κ2) is 19.2. The molecule has 1 rings (SSSR count). The van der Waals surface area contributed by atoms with Gasteiger partial charge >= 0.3 is 11.9 Å². The van der Waals surface area contributed by atoms with Gasteiger partial charge in [-0.05, 0) is 32.6 Å². The van der Waals surface area contributed by atoms with E-state index in [1.54, 1.807) is 0 Å². The highest BCUT2D eigenvalue weighted by molar-refractivity contribution is 6.03. The summed E-state index contributed by atoms with van der Waals surface area (Å²) in [4.78, 5) is 26.7. The van der Waals surface area contributed by atoms with Gasteiger partial charge < -0.3 is 14.2 Å². The first-order valence-corrected chi connectivity index (χ1v) is 15.5. The van der Waals surface area contributed by atoms with E-state index in [0.717, 1.165) is 44.9 Å². The number of cyclic esters (lactones) is 2. The molecule has 0 amide bonds. The summed E-state index contributed by atoms with van der Waals surface area (Å²) in [6.45, 7) is 10.9. The summed E-state index contributed by atoms with van der Waals surface area (Å²) in [5.41, 5.74) is -1.06. The van der Waals surface area contributed by atoms with Crippen LogP contribution in [0.2, 0.25) is 0 Å². The van der Waals surface area contributed by atoms with Crippen LogP contribution in [-0.4, -0.2) is 30.9 Å². The van der Waals surface area contributed by atoms with Crippen molar-refractivity contribution in [2.24, 2.45) is 11.3 Å². The van der Waals surface area contributed by atoms with Crippen LogP contribution in [0.5, 0.6) is 0 Å². The van der Waals surface area contributed by atoms with Crippen LogP contribution in [0.3, 0.4) is 0 Å². The van der Waals surface area contributed by atoms with E-state index in [0.29, 0.717) is 19.6 Å². The van der Waals surface area contributed by atoms with E-state index >= 15 is 0 Å². The van der Waals surface area contributed by atoms with Gasteiger partial charge in [-0.25, -0.2) is 4.79 Å². The quantitative estimate of drug-likeness (QED) is 0.0561. The third kappa shape index (κ3) is 9.11. The fourth-order valence-corrected chi connectivity index (χ4v) is 6.15. The summed E-state index contributed by atoms with van der Waals surface area (Å²) in [5.74, 6) is -2.69. The van der Waals surface area contributed by atoms with Crippen LogP contribution in [0.15, 0.2) is 0 Å². The van der Waals surface area contributed by atoms with Crippen LogP contribution < -0.4 is 0 Å². The van der Waals surface area contributed by atoms with Crippen molar-refractivity contribution in [3.05, 3.63) is 0 Å². The molecule has 0 N–H and O–H groups in total. The van der Waals surface area contributed by atoms with Crippen molar-refractivity contribution < 1.29 is 23.8 Å². The van der Waals surface area contributed by atoms with Crippen LogP contribution in [0.4, 0.5) is 0 Å². The van der Waals surface area contributed by atoms with E-state index in [-0.39, 0.29) is 5.92 Å². The third-order valence-electron chi connectivity index (χ3n) is 8.12. The molecule has 0 radical (unpaired) electrons. The molecule has 1 heterocycles. The molecule has 0 saturated carbocycles. The van der Waals surface area contributed by atoms with Crippen molar-refractivity contribution in [3.8, 4) is 0 Å². The van der Waals surface area contributed by atoms with Gasteiger partial charge in [0.25, 0.3) is 5.79 Å². The molecular weight excluding hydrogens is 452 g/mol. The number of carbonyl (C=O) groups is 2. The minimum Gasteiger partial charge on any atom is -0.388 e. The first-order valence-electron chi connectivity index (χ1n) is 15.5. The number of hydrogen-bond donors (Lipinski definition) is 0. The predicted octanol–water partition coefficient (Wildman–Crippen LogP) is 8.91. The average molecular weight is 511 g/mol. The Morgan fingerprint density at radius 2 is 1.06 bits per heavy atom. The summed E-state index contributed by atoms with van der Waals surface area (Å²) in [6.07, 6.45) is 21.7. The Hall–Kier alpha value is -0.940. The van der Waals surface area contributed by atoms with Crippen molar-refractivity contribution in [1.29, 1.82) is 0 Å². The lowest BCUT2D eigenvalue weighted by molar-refractivity contribution is -0.276. The molecule has 1 aliphatic rings. The Balaban J connectivity index is 2.94. The number of hydrogen-bond acceptors (Lipinski definition) is 5. The van der Waals surface area contributed by atoms with Gasteiger partial charge in [0.1, 0.15) is 5.41 Å².